The van der Waals surface area contributed by atoms with Crippen molar-refractivity contribution in [3.63, 3.8) is 0 Å². The van der Waals surface area contributed by atoms with Crippen LogP contribution in [-0.4, -0.2) is 4.98 Å². The van der Waals surface area contributed by atoms with Gasteiger partial charge in [-0.2, -0.15) is 0 Å². The fourth-order valence-corrected chi connectivity index (χ4v) is 1.06. The smallest absolute Gasteiger partial charge is 0.0151 e. The molecule has 1 nitrogen and oxygen atoms in total. The van der Waals surface area contributed by atoms with Crippen molar-refractivity contribution in [3.8, 4) is 0 Å². The van der Waals surface area contributed by atoms with Gasteiger partial charge in [-0.15, -0.1) is 0 Å². The Bertz CT molecular complexity index is 303. The number of rotatable bonds is 2. The first-order valence-corrected chi connectivity index (χ1v) is 4.19. The van der Waals surface area contributed by atoms with Crippen LogP contribution in [0.2, 0.25) is 0 Å². The molecule has 0 aliphatic carbocycles. The molecule has 0 radical (unpaired) electrons. The summed E-state index contributed by atoms with van der Waals surface area (Å²) < 4.78 is 0. The topological polar surface area (TPSA) is 15.8 Å². The highest BCUT2D eigenvalue weighted by molar-refractivity contribution is 5.55. The van der Waals surface area contributed by atoms with E-state index in [4.69, 9.17) is 0 Å². The number of H-pyrrole nitrogens is 1. The number of aryl methyl sites for hydroxylation is 1. The van der Waals surface area contributed by atoms with E-state index >= 15 is 0 Å². The fraction of sp³-hybridized carbons (Fsp3) is 0.273. The van der Waals surface area contributed by atoms with Crippen molar-refractivity contribution < 1.29 is 0 Å². The molecule has 1 heterocycles. The van der Waals surface area contributed by atoms with Gasteiger partial charge in [0.25, 0.3) is 0 Å². The lowest BCUT2D eigenvalue weighted by molar-refractivity contribution is 1.23. The van der Waals surface area contributed by atoms with E-state index in [0.29, 0.717) is 0 Å². The second-order valence-corrected chi connectivity index (χ2v) is 2.88. The summed E-state index contributed by atoms with van der Waals surface area (Å²) in [5, 5.41) is 0. The molecule has 0 aromatic carbocycles. The second-order valence-electron chi connectivity index (χ2n) is 2.88. The molecule has 0 unspecified atom stereocenters. The molecular weight excluding hydrogens is 146 g/mol. The molecule has 64 valence electrons. The van der Waals surface area contributed by atoms with Crippen molar-refractivity contribution in [3.05, 3.63) is 41.2 Å². The van der Waals surface area contributed by atoms with Crippen molar-refractivity contribution in [2.45, 2.75) is 20.8 Å². The highest BCUT2D eigenvalue weighted by atomic mass is 14.7. The van der Waals surface area contributed by atoms with Crippen molar-refractivity contribution in [1.82, 2.24) is 4.98 Å². The van der Waals surface area contributed by atoms with Crippen LogP contribution in [0.1, 0.15) is 23.7 Å². The van der Waals surface area contributed by atoms with Gasteiger partial charge in [0.1, 0.15) is 0 Å². The Morgan fingerprint density at radius 3 is 2.50 bits per heavy atom. The predicted molar refractivity (Wildman–Crippen MR) is 54.1 cm³/mol. The molecule has 0 amide bonds. The molecule has 1 rings (SSSR count). The summed E-state index contributed by atoms with van der Waals surface area (Å²) in [7, 11) is 0. The minimum atomic E-state index is 1.25. The van der Waals surface area contributed by atoms with Gasteiger partial charge in [0, 0.05) is 11.9 Å². The van der Waals surface area contributed by atoms with Crippen molar-refractivity contribution in [1.29, 1.82) is 0 Å². The van der Waals surface area contributed by atoms with E-state index in [1.807, 2.05) is 25.3 Å². The van der Waals surface area contributed by atoms with E-state index in [1.54, 1.807) is 0 Å². The molecule has 12 heavy (non-hydrogen) atoms. The van der Waals surface area contributed by atoms with E-state index in [-0.39, 0.29) is 0 Å². The van der Waals surface area contributed by atoms with Gasteiger partial charge in [-0.25, -0.2) is 0 Å². The van der Waals surface area contributed by atoms with Crippen molar-refractivity contribution >= 4 is 6.08 Å². The second kappa shape index (κ2) is 3.96. The maximum Gasteiger partial charge on any atom is 0.0151 e. The first-order valence-electron chi connectivity index (χ1n) is 4.19. The van der Waals surface area contributed by atoms with Crippen LogP contribution in [-0.2, 0) is 0 Å². The number of hydrogen-bond donors (Lipinski definition) is 1. The molecule has 0 spiro atoms. The van der Waals surface area contributed by atoms with Crippen molar-refractivity contribution in [2.24, 2.45) is 0 Å². The quantitative estimate of drug-likeness (QED) is 0.641. The maximum absolute atomic E-state index is 3.19. The average molecular weight is 161 g/mol. The Hall–Kier alpha value is -1.24. The number of hydrogen-bond acceptors (Lipinski definition) is 0. The lowest BCUT2D eigenvalue weighted by Gasteiger charge is -1.89. The van der Waals surface area contributed by atoms with E-state index in [2.05, 4.69) is 31.0 Å². The third-order valence-electron chi connectivity index (χ3n) is 2.02. The minimum absolute atomic E-state index is 1.25. The summed E-state index contributed by atoms with van der Waals surface area (Å²) in [6.07, 6.45) is 10.2. The Balaban J connectivity index is 2.82. The molecule has 1 N–H and O–H groups in total. The fourth-order valence-electron chi connectivity index (χ4n) is 1.06. The first kappa shape index (κ1) is 8.85. The Morgan fingerprint density at radius 2 is 2.00 bits per heavy atom. The van der Waals surface area contributed by atoms with Gasteiger partial charge in [-0.3, -0.25) is 0 Å². The van der Waals surface area contributed by atoms with Crippen LogP contribution in [0.3, 0.4) is 0 Å². The monoisotopic (exact) mass is 161 g/mol. The SMILES string of the molecule is CC=CC=Cc1c[nH]c(C)c1C. The zero-order valence-electron chi connectivity index (χ0n) is 7.89. The zero-order chi connectivity index (χ0) is 8.97. The van der Waals surface area contributed by atoms with Crippen LogP contribution < -0.4 is 0 Å². The lowest BCUT2D eigenvalue weighted by Crippen LogP contribution is -1.74. The van der Waals surface area contributed by atoms with Gasteiger partial charge in [-0.05, 0) is 31.9 Å². The minimum Gasteiger partial charge on any atom is -0.364 e. The molecule has 0 bridgehead atoms. The third-order valence-corrected chi connectivity index (χ3v) is 2.02. The molecular formula is C11H15N. The summed E-state index contributed by atoms with van der Waals surface area (Å²) in [5.41, 5.74) is 3.84. The molecule has 0 aliphatic heterocycles. The summed E-state index contributed by atoms with van der Waals surface area (Å²) in [5.74, 6) is 0. The normalized spacial score (nSPS) is 11.9. The lowest BCUT2D eigenvalue weighted by atomic mass is 10.1. The molecule has 0 saturated carbocycles. The highest BCUT2D eigenvalue weighted by Crippen LogP contribution is 2.12. The summed E-state index contributed by atoms with van der Waals surface area (Å²) >= 11 is 0. The van der Waals surface area contributed by atoms with Crippen LogP contribution >= 0.6 is 0 Å². The van der Waals surface area contributed by atoms with Gasteiger partial charge < -0.3 is 4.98 Å². The maximum atomic E-state index is 3.19. The van der Waals surface area contributed by atoms with Crippen molar-refractivity contribution in [2.75, 3.05) is 0 Å². The third kappa shape index (κ3) is 1.88. The summed E-state index contributed by atoms with van der Waals surface area (Å²) in [6.45, 7) is 6.23. The van der Waals surface area contributed by atoms with Gasteiger partial charge in [0.15, 0.2) is 0 Å². The van der Waals surface area contributed by atoms with Crippen LogP contribution in [0.25, 0.3) is 6.08 Å². The van der Waals surface area contributed by atoms with E-state index in [0.717, 1.165) is 0 Å². The van der Waals surface area contributed by atoms with Gasteiger partial charge >= 0.3 is 0 Å². The number of aromatic amines is 1. The molecule has 0 saturated heterocycles. The molecule has 1 aromatic heterocycles. The standard InChI is InChI=1S/C11H15N/c1-4-5-6-7-11-8-12-10(3)9(11)2/h4-8,12H,1-3H3. The van der Waals surface area contributed by atoms with Gasteiger partial charge in [0.05, 0.1) is 0 Å². The summed E-state index contributed by atoms with van der Waals surface area (Å²) in [4.78, 5) is 3.19. The molecule has 0 fully saturated rings. The molecule has 1 aromatic rings. The molecule has 1 heteroatoms. The molecule has 0 atom stereocenters. The van der Waals surface area contributed by atoms with Crippen LogP contribution in [0.5, 0.6) is 0 Å². The van der Waals surface area contributed by atoms with Crippen LogP contribution in [0, 0.1) is 13.8 Å². The van der Waals surface area contributed by atoms with Gasteiger partial charge in [0.2, 0.25) is 0 Å². The number of nitrogens with one attached hydrogen (secondary N) is 1. The van der Waals surface area contributed by atoms with Crippen LogP contribution in [0.15, 0.2) is 24.4 Å². The zero-order valence-corrected chi connectivity index (χ0v) is 7.89. The van der Waals surface area contributed by atoms with E-state index in [9.17, 15) is 0 Å². The molecule has 0 aliphatic rings. The highest BCUT2D eigenvalue weighted by Gasteiger charge is 1.97. The van der Waals surface area contributed by atoms with E-state index < -0.39 is 0 Å². The Morgan fingerprint density at radius 1 is 1.25 bits per heavy atom. The predicted octanol–water partition coefficient (Wildman–Crippen LogP) is 3.22. The summed E-state index contributed by atoms with van der Waals surface area (Å²) in [6, 6.07) is 0. The average Bonchev–Trinajstić information content (AvgIpc) is 2.36. The van der Waals surface area contributed by atoms with E-state index in [1.165, 1.54) is 16.8 Å². The van der Waals surface area contributed by atoms with Crippen LogP contribution in [0.4, 0.5) is 0 Å². The van der Waals surface area contributed by atoms with Gasteiger partial charge in [-0.1, -0.05) is 24.3 Å². The Labute approximate surface area is 73.8 Å². The first-order chi connectivity index (χ1) is 5.75. The Kier molecular flexibility index (Phi) is 2.92. The largest absolute Gasteiger partial charge is 0.364 e. The number of aromatic nitrogens is 1. The number of allylic oxidation sites excluding steroid dienone is 3.